The van der Waals surface area contributed by atoms with Gasteiger partial charge in [0.1, 0.15) is 6.61 Å². The fourth-order valence-electron chi connectivity index (χ4n) is 1.00. The van der Waals surface area contributed by atoms with E-state index in [-0.39, 0.29) is 6.29 Å². The highest BCUT2D eigenvalue weighted by Gasteiger charge is 2.23. The van der Waals surface area contributed by atoms with Crippen LogP contribution in [0.5, 0.6) is 0 Å². The Hall–Kier alpha value is -0.0400. The molecule has 1 rings (SSSR count). The molecule has 1 aliphatic rings. The lowest BCUT2D eigenvalue weighted by molar-refractivity contribution is -0.148. The molecule has 0 aromatic heterocycles. The summed E-state index contributed by atoms with van der Waals surface area (Å²) < 4.78 is 10.6. The molecule has 0 aliphatic carbocycles. The molecular weight excluding hydrogens is 208 g/mol. The van der Waals surface area contributed by atoms with Crippen LogP contribution in [-0.4, -0.2) is 24.3 Å². The molecule has 1 fully saturated rings. The molecule has 1 aliphatic heterocycles. The van der Waals surface area contributed by atoms with Crippen molar-refractivity contribution in [2.75, 3.05) is 13.2 Å². The second kappa shape index (κ2) is 4.76. The molecule has 0 unspecified atom stereocenters. The van der Waals surface area contributed by atoms with E-state index in [1.807, 2.05) is 0 Å². The number of alkyl halides is 1. The lowest BCUT2D eigenvalue weighted by atomic mass is 10.2. The van der Waals surface area contributed by atoms with Crippen LogP contribution < -0.4 is 0 Å². The minimum absolute atomic E-state index is 0.153. The number of halogens is 1. The molecule has 0 radical (unpaired) electrons. The maximum atomic E-state index is 5.33. The average molecular weight is 219 g/mol. The average Bonchev–Trinajstić information content (AvgIpc) is 2.03. The first kappa shape index (κ1) is 9.05. The Morgan fingerprint density at radius 2 is 2.55 bits per heavy atom. The van der Waals surface area contributed by atoms with Gasteiger partial charge in [0.25, 0.3) is 0 Å². The topological polar surface area (TPSA) is 18.5 Å². The molecule has 0 N–H and O–H groups in total. The SMILES string of the molecule is C#CCO[C@H]1OCCC[C@@H]1Br. The van der Waals surface area contributed by atoms with E-state index >= 15 is 0 Å². The molecule has 3 heteroatoms. The van der Waals surface area contributed by atoms with Gasteiger partial charge in [-0.2, -0.15) is 0 Å². The number of hydrogen-bond acceptors (Lipinski definition) is 2. The van der Waals surface area contributed by atoms with Crippen molar-refractivity contribution in [1.82, 2.24) is 0 Å². The molecule has 11 heavy (non-hydrogen) atoms. The fourth-order valence-corrected chi connectivity index (χ4v) is 1.63. The van der Waals surface area contributed by atoms with E-state index in [1.165, 1.54) is 0 Å². The fraction of sp³-hybridized carbons (Fsp3) is 0.750. The van der Waals surface area contributed by atoms with E-state index in [4.69, 9.17) is 15.9 Å². The van der Waals surface area contributed by atoms with Gasteiger partial charge in [0.15, 0.2) is 6.29 Å². The predicted octanol–water partition coefficient (Wildman–Crippen LogP) is 1.54. The van der Waals surface area contributed by atoms with Crippen molar-refractivity contribution in [2.24, 2.45) is 0 Å². The van der Waals surface area contributed by atoms with E-state index in [1.54, 1.807) is 0 Å². The Balaban J connectivity index is 2.25. The van der Waals surface area contributed by atoms with Crippen molar-refractivity contribution in [2.45, 2.75) is 24.0 Å². The Kier molecular flexibility index (Phi) is 3.92. The quantitative estimate of drug-likeness (QED) is 0.518. The molecule has 1 heterocycles. The molecule has 2 atom stereocenters. The molecule has 0 amide bonds. The molecule has 2 nitrogen and oxygen atoms in total. The summed E-state index contributed by atoms with van der Waals surface area (Å²) in [5, 5.41) is 0. The summed E-state index contributed by atoms with van der Waals surface area (Å²) >= 11 is 3.47. The van der Waals surface area contributed by atoms with Gasteiger partial charge in [-0.3, -0.25) is 0 Å². The van der Waals surface area contributed by atoms with Gasteiger partial charge in [-0.1, -0.05) is 21.9 Å². The third kappa shape index (κ3) is 2.82. The van der Waals surface area contributed by atoms with Crippen molar-refractivity contribution in [3.05, 3.63) is 0 Å². The summed E-state index contributed by atoms with van der Waals surface area (Å²) in [6, 6.07) is 0. The van der Waals surface area contributed by atoms with Crippen LogP contribution in [0.3, 0.4) is 0 Å². The van der Waals surface area contributed by atoms with Gasteiger partial charge in [-0.05, 0) is 12.8 Å². The third-order valence-electron chi connectivity index (χ3n) is 1.53. The zero-order valence-corrected chi connectivity index (χ0v) is 7.84. The first-order valence-corrected chi connectivity index (χ1v) is 4.57. The molecule has 0 saturated carbocycles. The summed E-state index contributed by atoms with van der Waals surface area (Å²) in [5.41, 5.74) is 0. The minimum Gasteiger partial charge on any atom is -0.351 e. The Labute approximate surface area is 75.4 Å². The highest BCUT2D eigenvalue weighted by Crippen LogP contribution is 2.21. The highest BCUT2D eigenvalue weighted by molar-refractivity contribution is 9.09. The van der Waals surface area contributed by atoms with Crippen molar-refractivity contribution in [3.8, 4) is 12.3 Å². The summed E-state index contributed by atoms with van der Waals surface area (Å²) in [6.45, 7) is 1.10. The predicted molar refractivity (Wildman–Crippen MR) is 46.5 cm³/mol. The number of ether oxygens (including phenoxy) is 2. The Morgan fingerprint density at radius 3 is 3.18 bits per heavy atom. The second-order valence-corrected chi connectivity index (χ2v) is 3.59. The minimum atomic E-state index is -0.153. The van der Waals surface area contributed by atoms with E-state index in [0.29, 0.717) is 11.4 Å². The van der Waals surface area contributed by atoms with Gasteiger partial charge in [-0.15, -0.1) is 6.42 Å². The normalized spacial score (nSPS) is 31.3. The number of terminal acetylenes is 1. The standard InChI is InChI=1S/C8H11BrO2/c1-2-5-10-8-7(9)4-3-6-11-8/h1,7-8H,3-6H2/t7-,8-/m0/s1. The van der Waals surface area contributed by atoms with Gasteiger partial charge >= 0.3 is 0 Å². The number of rotatable bonds is 2. The van der Waals surface area contributed by atoms with E-state index in [2.05, 4.69) is 21.9 Å². The molecular formula is C8H11BrO2. The van der Waals surface area contributed by atoms with Crippen LogP contribution in [0.2, 0.25) is 0 Å². The molecule has 62 valence electrons. The van der Waals surface area contributed by atoms with Crippen LogP contribution in [-0.2, 0) is 9.47 Å². The molecule has 0 aromatic carbocycles. The molecule has 0 spiro atoms. The van der Waals surface area contributed by atoms with Gasteiger partial charge in [0.2, 0.25) is 0 Å². The smallest absolute Gasteiger partial charge is 0.171 e. The maximum absolute atomic E-state index is 5.33. The first-order chi connectivity index (χ1) is 5.34. The van der Waals surface area contributed by atoms with Crippen LogP contribution in [0.25, 0.3) is 0 Å². The summed E-state index contributed by atoms with van der Waals surface area (Å²) in [7, 11) is 0. The Bertz CT molecular complexity index is 153. The summed E-state index contributed by atoms with van der Waals surface area (Å²) in [6.07, 6.45) is 7.07. The summed E-state index contributed by atoms with van der Waals surface area (Å²) in [5.74, 6) is 2.41. The van der Waals surface area contributed by atoms with Crippen LogP contribution in [0.4, 0.5) is 0 Å². The van der Waals surface area contributed by atoms with Crippen LogP contribution >= 0.6 is 15.9 Å². The summed E-state index contributed by atoms with van der Waals surface area (Å²) in [4.78, 5) is 0.296. The molecule has 1 saturated heterocycles. The van der Waals surface area contributed by atoms with Gasteiger partial charge in [0.05, 0.1) is 4.83 Å². The van der Waals surface area contributed by atoms with Crippen LogP contribution in [0.15, 0.2) is 0 Å². The zero-order chi connectivity index (χ0) is 8.10. The van der Waals surface area contributed by atoms with E-state index in [9.17, 15) is 0 Å². The van der Waals surface area contributed by atoms with Crippen molar-refractivity contribution >= 4 is 15.9 Å². The third-order valence-corrected chi connectivity index (χ3v) is 2.42. The Morgan fingerprint density at radius 1 is 1.73 bits per heavy atom. The van der Waals surface area contributed by atoms with Crippen LogP contribution in [0.1, 0.15) is 12.8 Å². The van der Waals surface area contributed by atoms with Crippen molar-refractivity contribution < 1.29 is 9.47 Å². The largest absolute Gasteiger partial charge is 0.351 e. The van der Waals surface area contributed by atoms with Crippen LogP contribution in [0, 0.1) is 12.3 Å². The zero-order valence-electron chi connectivity index (χ0n) is 6.25. The lowest BCUT2D eigenvalue weighted by Crippen LogP contribution is -2.32. The van der Waals surface area contributed by atoms with E-state index < -0.39 is 0 Å². The monoisotopic (exact) mass is 218 g/mol. The maximum Gasteiger partial charge on any atom is 0.171 e. The second-order valence-electron chi connectivity index (χ2n) is 2.41. The van der Waals surface area contributed by atoms with Crippen molar-refractivity contribution in [3.63, 3.8) is 0 Å². The highest BCUT2D eigenvalue weighted by atomic mass is 79.9. The van der Waals surface area contributed by atoms with E-state index in [0.717, 1.165) is 19.4 Å². The van der Waals surface area contributed by atoms with Gasteiger partial charge < -0.3 is 9.47 Å². The lowest BCUT2D eigenvalue weighted by Gasteiger charge is -2.26. The van der Waals surface area contributed by atoms with Gasteiger partial charge in [0, 0.05) is 6.61 Å². The molecule has 0 bridgehead atoms. The van der Waals surface area contributed by atoms with Gasteiger partial charge in [-0.25, -0.2) is 0 Å². The molecule has 0 aromatic rings. The number of hydrogen-bond donors (Lipinski definition) is 0. The van der Waals surface area contributed by atoms with Crippen molar-refractivity contribution in [1.29, 1.82) is 0 Å². The first-order valence-electron chi connectivity index (χ1n) is 3.65.